The van der Waals surface area contributed by atoms with Gasteiger partial charge in [-0.15, -0.1) is 23.1 Å². The van der Waals surface area contributed by atoms with Crippen molar-refractivity contribution in [1.82, 2.24) is 10.2 Å². The van der Waals surface area contributed by atoms with E-state index in [1.54, 1.807) is 18.8 Å². The minimum absolute atomic E-state index is 0.0640. The van der Waals surface area contributed by atoms with Crippen molar-refractivity contribution in [3.8, 4) is 0 Å². The van der Waals surface area contributed by atoms with Gasteiger partial charge in [0, 0.05) is 24.2 Å². The number of hydrogen-bond donors (Lipinski definition) is 1. The van der Waals surface area contributed by atoms with Gasteiger partial charge >= 0.3 is 0 Å². The highest BCUT2D eigenvalue weighted by Gasteiger charge is 2.31. The molecular formula is C20H24N2O2S2. The van der Waals surface area contributed by atoms with E-state index in [-0.39, 0.29) is 17.9 Å². The Morgan fingerprint density at radius 1 is 1.27 bits per heavy atom. The zero-order valence-corrected chi connectivity index (χ0v) is 16.8. The number of nitrogens with one attached hydrogen (secondary N) is 1. The van der Waals surface area contributed by atoms with Gasteiger partial charge in [0.25, 0.3) is 5.91 Å². The average Bonchev–Trinajstić information content (AvgIpc) is 3.31. The molecule has 1 saturated heterocycles. The average molecular weight is 389 g/mol. The number of carbonyl (C=O) groups excluding carboxylic acids is 2. The number of likely N-dealkylation sites (tertiary alicyclic amines) is 1. The molecule has 1 aromatic heterocycles. The third-order valence-electron chi connectivity index (χ3n) is 4.72. The third kappa shape index (κ3) is 4.30. The van der Waals surface area contributed by atoms with E-state index >= 15 is 0 Å². The van der Waals surface area contributed by atoms with Crippen LogP contribution in [0.1, 0.15) is 44.6 Å². The Bertz CT molecular complexity index is 788. The monoisotopic (exact) mass is 388 g/mol. The van der Waals surface area contributed by atoms with Crippen molar-refractivity contribution in [2.75, 3.05) is 19.3 Å². The molecule has 26 heavy (non-hydrogen) atoms. The molecule has 1 atom stereocenters. The molecule has 0 aliphatic carbocycles. The molecule has 2 aromatic rings. The van der Waals surface area contributed by atoms with Gasteiger partial charge in [-0.3, -0.25) is 9.59 Å². The van der Waals surface area contributed by atoms with Gasteiger partial charge in [-0.2, -0.15) is 0 Å². The summed E-state index contributed by atoms with van der Waals surface area (Å²) < 4.78 is 0. The van der Waals surface area contributed by atoms with Gasteiger partial charge in [-0.25, -0.2) is 0 Å². The number of nitrogens with zero attached hydrogens (tertiary/aromatic N) is 1. The largest absolute Gasteiger partial charge is 0.354 e. The maximum atomic E-state index is 12.7. The summed E-state index contributed by atoms with van der Waals surface area (Å²) in [5.41, 5.74) is 2.56. The highest BCUT2D eigenvalue weighted by Crippen LogP contribution is 2.36. The number of aryl methyl sites for hydroxylation is 1. The van der Waals surface area contributed by atoms with Crippen molar-refractivity contribution >= 4 is 34.9 Å². The number of benzene rings is 1. The number of thioether (sulfide) groups is 1. The van der Waals surface area contributed by atoms with Crippen LogP contribution in [0.25, 0.3) is 0 Å². The van der Waals surface area contributed by atoms with Crippen LogP contribution in [-0.4, -0.2) is 36.1 Å². The van der Waals surface area contributed by atoms with Crippen LogP contribution in [0.3, 0.4) is 0 Å². The molecule has 0 spiro atoms. The van der Waals surface area contributed by atoms with Gasteiger partial charge in [-0.1, -0.05) is 24.3 Å². The van der Waals surface area contributed by atoms with Crippen LogP contribution in [0, 0.1) is 6.92 Å². The van der Waals surface area contributed by atoms with E-state index in [0.29, 0.717) is 10.6 Å². The summed E-state index contributed by atoms with van der Waals surface area (Å²) in [7, 11) is 1.64. The molecule has 1 N–H and O–H groups in total. The number of hydrogen-bond acceptors (Lipinski definition) is 4. The third-order valence-corrected chi connectivity index (χ3v) is 6.88. The molecule has 1 aliphatic rings. The van der Waals surface area contributed by atoms with E-state index in [1.165, 1.54) is 22.5 Å². The minimum Gasteiger partial charge on any atom is -0.354 e. The number of amides is 2. The lowest BCUT2D eigenvalue weighted by Gasteiger charge is -2.24. The smallest absolute Gasteiger partial charge is 0.261 e. The fourth-order valence-corrected chi connectivity index (χ4v) is 5.33. The summed E-state index contributed by atoms with van der Waals surface area (Å²) in [6.45, 7) is 2.91. The molecule has 2 amide bonds. The van der Waals surface area contributed by atoms with Crippen LogP contribution < -0.4 is 5.32 Å². The van der Waals surface area contributed by atoms with Gasteiger partial charge < -0.3 is 10.2 Å². The molecule has 4 nitrogen and oxygen atoms in total. The normalized spacial score (nSPS) is 16.7. The molecule has 0 saturated carbocycles. The van der Waals surface area contributed by atoms with Crippen molar-refractivity contribution in [2.24, 2.45) is 0 Å². The van der Waals surface area contributed by atoms with Crippen LogP contribution in [-0.2, 0) is 10.5 Å². The predicted octanol–water partition coefficient (Wildman–Crippen LogP) is 4.01. The molecule has 0 bridgehead atoms. The Kier molecular flexibility index (Phi) is 6.38. The molecular weight excluding hydrogens is 364 g/mol. The van der Waals surface area contributed by atoms with Crippen LogP contribution >= 0.6 is 23.1 Å². The minimum atomic E-state index is -0.0640. The maximum Gasteiger partial charge on any atom is 0.261 e. The van der Waals surface area contributed by atoms with Crippen molar-refractivity contribution < 1.29 is 9.59 Å². The van der Waals surface area contributed by atoms with Gasteiger partial charge in [-0.05, 0) is 43.0 Å². The first-order valence-corrected chi connectivity index (χ1v) is 10.8. The molecule has 6 heteroatoms. The highest BCUT2D eigenvalue weighted by molar-refractivity contribution is 7.99. The van der Waals surface area contributed by atoms with Crippen LogP contribution in [0.5, 0.6) is 0 Å². The van der Waals surface area contributed by atoms with E-state index in [9.17, 15) is 9.59 Å². The first-order valence-electron chi connectivity index (χ1n) is 8.83. The zero-order chi connectivity index (χ0) is 18.5. The van der Waals surface area contributed by atoms with Crippen molar-refractivity contribution in [1.29, 1.82) is 0 Å². The maximum absolute atomic E-state index is 12.7. The first-order chi connectivity index (χ1) is 12.6. The Labute approximate surface area is 163 Å². The highest BCUT2D eigenvalue weighted by atomic mass is 32.2. The Morgan fingerprint density at radius 2 is 2.08 bits per heavy atom. The summed E-state index contributed by atoms with van der Waals surface area (Å²) in [5.74, 6) is 1.49. The van der Waals surface area contributed by atoms with Crippen molar-refractivity contribution in [3.63, 3.8) is 0 Å². The van der Waals surface area contributed by atoms with Gasteiger partial charge in [0.15, 0.2) is 0 Å². The summed E-state index contributed by atoms with van der Waals surface area (Å²) in [4.78, 5) is 28.3. The lowest BCUT2D eigenvalue weighted by Crippen LogP contribution is -2.31. The molecule has 1 fully saturated rings. The zero-order valence-electron chi connectivity index (χ0n) is 15.2. The first kappa shape index (κ1) is 19.0. The predicted molar refractivity (Wildman–Crippen MR) is 109 cm³/mol. The lowest BCUT2D eigenvalue weighted by molar-refractivity contribution is -0.129. The Balaban J connectivity index is 1.59. The second-order valence-electron chi connectivity index (χ2n) is 6.45. The number of thiophene rings is 1. The fourth-order valence-electron chi connectivity index (χ4n) is 3.24. The standard InChI is InChI=1S/C20H24N2O2S2/c1-14-6-3-4-7-15(14)12-25-13-19(23)22-11-5-8-16(22)17-9-10-18(26-17)20(24)21-2/h3-4,6-7,9-10,16H,5,8,11-13H2,1-2H3,(H,21,24)/t16-/m1/s1. The molecule has 0 radical (unpaired) electrons. The van der Waals surface area contributed by atoms with Crippen LogP contribution in [0.4, 0.5) is 0 Å². The van der Waals surface area contributed by atoms with Gasteiger partial charge in [0.1, 0.15) is 0 Å². The van der Waals surface area contributed by atoms with E-state index in [0.717, 1.165) is 30.0 Å². The van der Waals surface area contributed by atoms with Crippen LogP contribution in [0.15, 0.2) is 36.4 Å². The van der Waals surface area contributed by atoms with E-state index < -0.39 is 0 Å². The Morgan fingerprint density at radius 3 is 2.85 bits per heavy atom. The van der Waals surface area contributed by atoms with Gasteiger partial charge in [0.05, 0.1) is 16.7 Å². The van der Waals surface area contributed by atoms with E-state index in [2.05, 4.69) is 24.4 Å². The van der Waals surface area contributed by atoms with Crippen molar-refractivity contribution in [2.45, 2.75) is 31.6 Å². The molecule has 1 aliphatic heterocycles. The van der Waals surface area contributed by atoms with E-state index in [1.807, 2.05) is 29.2 Å². The number of rotatable bonds is 6. The van der Waals surface area contributed by atoms with Crippen LogP contribution in [0.2, 0.25) is 0 Å². The molecule has 2 heterocycles. The molecule has 0 unspecified atom stereocenters. The Hall–Kier alpha value is -1.79. The lowest BCUT2D eigenvalue weighted by atomic mass is 10.1. The summed E-state index contributed by atoms with van der Waals surface area (Å²) in [5, 5.41) is 2.65. The topological polar surface area (TPSA) is 49.4 Å². The summed E-state index contributed by atoms with van der Waals surface area (Å²) >= 11 is 3.17. The number of carbonyl (C=O) groups is 2. The SMILES string of the molecule is CNC(=O)c1ccc([C@H]2CCCN2C(=O)CSCc2ccccc2C)s1. The molecule has 3 rings (SSSR count). The molecule has 1 aromatic carbocycles. The molecule has 138 valence electrons. The summed E-state index contributed by atoms with van der Waals surface area (Å²) in [6, 6.07) is 12.3. The second kappa shape index (κ2) is 8.73. The quantitative estimate of drug-likeness (QED) is 0.813. The van der Waals surface area contributed by atoms with Crippen molar-refractivity contribution in [3.05, 3.63) is 57.3 Å². The summed E-state index contributed by atoms with van der Waals surface area (Å²) in [6.07, 6.45) is 1.99. The van der Waals surface area contributed by atoms with Gasteiger partial charge in [0.2, 0.25) is 5.91 Å². The second-order valence-corrected chi connectivity index (χ2v) is 8.55. The van der Waals surface area contributed by atoms with E-state index in [4.69, 9.17) is 0 Å². The fraction of sp³-hybridized carbons (Fsp3) is 0.400.